The zero-order chi connectivity index (χ0) is 19.1. The molecular formula is C21H16N2O4. The molecule has 2 aromatic heterocycles. The highest BCUT2D eigenvalue weighted by molar-refractivity contribution is 6.12. The first kappa shape index (κ1) is 16.8. The number of aromatic nitrogens is 2. The number of aromatic hydroxyl groups is 1. The highest BCUT2D eigenvalue weighted by Gasteiger charge is 2.19. The van der Waals surface area contributed by atoms with Crippen LogP contribution in [0.1, 0.15) is 27.4 Å². The second-order valence-corrected chi connectivity index (χ2v) is 6.33. The van der Waals surface area contributed by atoms with Gasteiger partial charge in [-0.15, -0.1) is 0 Å². The van der Waals surface area contributed by atoms with E-state index in [1.54, 1.807) is 13.0 Å². The number of pyridine rings is 1. The summed E-state index contributed by atoms with van der Waals surface area (Å²) in [6, 6.07) is 13.3. The second-order valence-electron chi connectivity index (χ2n) is 6.33. The quantitative estimate of drug-likeness (QED) is 0.565. The maximum absolute atomic E-state index is 12.9. The minimum atomic E-state index is -0.407. The van der Waals surface area contributed by atoms with Gasteiger partial charge in [0.1, 0.15) is 0 Å². The fourth-order valence-electron chi connectivity index (χ4n) is 2.96. The number of carbonyl (C=O) groups is 1. The van der Waals surface area contributed by atoms with Gasteiger partial charge in [0.25, 0.3) is 5.56 Å². The molecule has 6 nitrogen and oxygen atoms in total. The fraction of sp³-hybridized carbons (Fsp3) is 0.0952. The maximum atomic E-state index is 12.9. The van der Waals surface area contributed by atoms with Gasteiger partial charge in [-0.2, -0.15) is 0 Å². The molecule has 1 N–H and O–H groups in total. The monoisotopic (exact) mass is 360 g/mol. The summed E-state index contributed by atoms with van der Waals surface area (Å²) in [5.41, 5.74) is 2.51. The standard InChI is InChI=1S/C21H16N2O4/c1-12-3-6-15(7-4-12)23-11-14(5-10-18(23)24)20(25)16-8-9-17-19(21(16)26)22-13(2)27-17/h3-11,26H,1-2H3. The van der Waals surface area contributed by atoms with Crippen molar-refractivity contribution >= 4 is 16.9 Å². The van der Waals surface area contributed by atoms with Crippen LogP contribution in [0, 0.1) is 13.8 Å². The molecule has 0 fully saturated rings. The number of hydrogen-bond acceptors (Lipinski definition) is 5. The summed E-state index contributed by atoms with van der Waals surface area (Å²) in [5, 5.41) is 10.5. The number of ketones is 1. The molecule has 0 aliphatic rings. The molecule has 134 valence electrons. The van der Waals surface area contributed by atoms with Gasteiger partial charge >= 0.3 is 0 Å². The number of benzene rings is 2. The van der Waals surface area contributed by atoms with Crippen molar-refractivity contribution in [2.45, 2.75) is 13.8 Å². The van der Waals surface area contributed by atoms with E-state index in [2.05, 4.69) is 4.98 Å². The van der Waals surface area contributed by atoms with E-state index in [0.717, 1.165) is 5.56 Å². The Bertz CT molecular complexity index is 1230. The largest absolute Gasteiger partial charge is 0.505 e. The van der Waals surface area contributed by atoms with Crippen molar-refractivity contribution in [2.24, 2.45) is 0 Å². The molecule has 0 atom stereocenters. The highest BCUT2D eigenvalue weighted by Crippen LogP contribution is 2.30. The molecule has 0 unspecified atom stereocenters. The van der Waals surface area contributed by atoms with Gasteiger partial charge in [-0.05, 0) is 37.3 Å². The zero-order valence-corrected chi connectivity index (χ0v) is 14.8. The number of nitrogens with zero attached hydrogens (tertiary/aromatic N) is 2. The Hall–Kier alpha value is -3.67. The average Bonchev–Trinajstić information content (AvgIpc) is 3.04. The molecule has 0 aliphatic carbocycles. The van der Waals surface area contributed by atoms with E-state index in [-0.39, 0.29) is 28.0 Å². The Balaban J connectivity index is 1.81. The van der Waals surface area contributed by atoms with E-state index < -0.39 is 5.78 Å². The number of aryl methyl sites for hydroxylation is 2. The van der Waals surface area contributed by atoms with E-state index in [0.29, 0.717) is 17.2 Å². The van der Waals surface area contributed by atoms with Gasteiger partial charge < -0.3 is 9.52 Å². The predicted octanol–water partition coefficient (Wildman–Crippen LogP) is 3.53. The lowest BCUT2D eigenvalue weighted by molar-refractivity contribution is 0.103. The Kier molecular flexibility index (Phi) is 3.88. The maximum Gasteiger partial charge on any atom is 0.255 e. The number of hydrogen-bond donors (Lipinski definition) is 1. The van der Waals surface area contributed by atoms with Gasteiger partial charge in [-0.25, -0.2) is 4.98 Å². The fourth-order valence-corrected chi connectivity index (χ4v) is 2.96. The van der Waals surface area contributed by atoms with Crippen molar-refractivity contribution < 1.29 is 14.3 Å². The SMILES string of the molecule is Cc1ccc(-n2cc(C(=O)c3ccc4oc(C)nc4c3O)ccc2=O)cc1. The molecule has 4 aromatic rings. The van der Waals surface area contributed by atoms with Crippen LogP contribution in [0.2, 0.25) is 0 Å². The van der Waals surface area contributed by atoms with Crippen LogP contribution in [0.3, 0.4) is 0 Å². The van der Waals surface area contributed by atoms with E-state index in [1.807, 2.05) is 31.2 Å². The Morgan fingerprint density at radius 3 is 2.52 bits per heavy atom. The predicted molar refractivity (Wildman–Crippen MR) is 101 cm³/mol. The first-order valence-corrected chi connectivity index (χ1v) is 8.37. The van der Waals surface area contributed by atoms with Crippen LogP contribution in [0.4, 0.5) is 0 Å². The molecule has 0 bridgehead atoms. The summed E-state index contributed by atoms with van der Waals surface area (Å²) < 4.78 is 6.77. The number of oxazole rings is 1. The summed E-state index contributed by atoms with van der Waals surface area (Å²) in [7, 11) is 0. The molecule has 2 heterocycles. The highest BCUT2D eigenvalue weighted by atomic mass is 16.3. The van der Waals surface area contributed by atoms with Gasteiger partial charge in [-0.1, -0.05) is 17.7 Å². The van der Waals surface area contributed by atoms with Crippen LogP contribution in [0.15, 0.2) is 63.9 Å². The molecule has 2 aromatic carbocycles. The first-order valence-electron chi connectivity index (χ1n) is 8.37. The molecule has 0 aliphatic heterocycles. The van der Waals surface area contributed by atoms with Crippen molar-refractivity contribution in [3.8, 4) is 11.4 Å². The molecule has 0 saturated heterocycles. The van der Waals surface area contributed by atoms with E-state index >= 15 is 0 Å². The van der Waals surface area contributed by atoms with E-state index in [9.17, 15) is 14.7 Å². The van der Waals surface area contributed by atoms with E-state index in [4.69, 9.17) is 4.42 Å². The Labute approximate surface area is 154 Å². The van der Waals surface area contributed by atoms with Crippen molar-refractivity contribution in [3.05, 3.63) is 87.7 Å². The van der Waals surface area contributed by atoms with Crippen molar-refractivity contribution in [2.75, 3.05) is 0 Å². The van der Waals surface area contributed by atoms with Gasteiger partial charge in [0.2, 0.25) is 0 Å². The Morgan fingerprint density at radius 2 is 1.78 bits per heavy atom. The lowest BCUT2D eigenvalue weighted by Crippen LogP contribution is -2.18. The third kappa shape index (κ3) is 2.91. The summed E-state index contributed by atoms with van der Waals surface area (Å²) in [6.07, 6.45) is 1.48. The first-order chi connectivity index (χ1) is 12.9. The number of phenolic OH excluding ortho intramolecular Hbond substituents is 1. The lowest BCUT2D eigenvalue weighted by atomic mass is 10.0. The topological polar surface area (TPSA) is 85.3 Å². The van der Waals surface area contributed by atoms with Gasteiger partial charge in [0.05, 0.1) is 5.56 Å². The minimum Gasteiger partial charge on any atom is -0.505 e. The summed E-state index contributed by atoms with van der Waals surface area (Å²) >= 11 is 0. The number of phenols is 1. The number of carbonyl (C=O) groups excluding carboxylic acids is 1. The molecule has 6 heteroatoms. The van der Waals surface area contributed by atoms with Gasteiger partial charge in [0.15, 0.2) is 28.5 Å². The summed E-state index contributed by atoms with van der Waals surface area (Å²) in [5.74, 6) is -0.240. The molecule has 0 spiro atoms. The normalized spacial score (nSPS) is 11.0. The smallest absolute Gasteiger partial charge is 0.255 e. The lowest BCUT2D eigenvalue weighted by Gasteiger charge is -2.09. The van der Waals surface area contributed by atoms with Crippen LogP contribution in [0.5, 0.6) is 5.75 Å². The van der Waals surface area contributed by atoms with Crippen molar-refractivity contribution in [1.29, 1.82) is 0 Å². The minimum absolute atomic E-state index is 0.102. The van der Waals surface area contributed by atoms with Crippen molar-refractivity contribution in [1.82, 2.24) is 9.55 Å². The average molecular weight is 360 g/mol. The molecule has 4 rings (SSSR count). The zero-order valence-electron chi connectivity index (χ0n) is 14.8. The van der Waals surface area contributed by atoms with E-state index in [1.165, 1.54) is 29.0 Å². The third-order valence-electron chi connectivity index (χ3n) is 4.37. The summed E-state index contributed by atoms with van der Waals surface area (Å²) in [4.78, 5) is 29.3. The molecule has 0 radical (unpaired) electrons. The summed E-state index contributed by atoms with van der Waals surface area (Å²) in [6.45, 7) is 3.62. The molecular weight excluding hydrogens is 344 g/mol. The second kappa shape index (κ2) is 6.25. The molecule has 27 heavy (non-hydrogen) atoms. The number of fused-ring (bicyclic) bond motifs is 1. The van der Waals surface area contributed by atoms with Gasteiger partial charge in [-0.3, -0.25) is 14.2 Å². The molecule has 0 amide bonds. The van der Waals surface area contributed by atoms with Crippen LogP contribution < -0.4 is 5.56 Å². The Morgan fingerprint density at radius 1 is 1.04 bits per heavy atom. The third-order valence-corrected chi connectivity index (χ3v) is 4.37. The number of rotatable bonds is 3. The van der Waals surface area contributed by atoms with Crippen molar-refractivity contribution in [3.63, 3.8) is 0 Å². The van der Waals surface area contributed by atoms with Crippen LogP contribution >= 0.6 is 0 Å². The van der Waals surface area contributed by atoms with Crippen LogP contribution in [0.25, 0.3) is 16.8 Å². The van der Waals surface area contributed by atoms with Crippen LogP contribution in [-0.4, -0.2) is 20.4 Å². The molecule has 0 saturated carbocycles. The van der Waals surface area contributed by atoms with Crippen LogP contribution in [-0.2, 0) is 0 Å². The van der Waals surface area contributed by atoms with Gasteiger partial charge in [0, 0.05) is 30.4 Å².